The van der Waals surface area contributed by atoms with Gasteiger partial charge < -0.3 is 0 Å². The molecule has 6 heteroatoms. The molecule has 3 aromatic rings. The van der Waals surface area contributed by atoms with Crippen molar-refractivity contribution in [1.82, 2.24) is 9.91 Å². The molecule has 30 heavy (non-hydrogen) atoms. The van der Waals surface area contributed by atoms with Crippen LogP contribution in [0, 0.1) is 10.1 Å². The fourth-order valence-corrected chi connectivity index (χ4v) is 4.51. The number of nitro groups is 1. The average Bonchev–Trinajstić information content (AvgIpc) is 3.13. The highest BCUT2D eigenvalue weighted by Crippen LogP contribution is 2.46. The van der Waals surface area contributed by atoms with E-state index in [0.29, 0.717) is 5.56 Å². The molecule has 6 nitrogen and oxygen atoms in total. The van der Waals surface area contributed by atoms with Gasteiger partial charge in [0.25, 0.3) is 5.69 Å². The van der Waals surface area contributed by atoms with Crippen LogP contribution in [-0.2, 0) is 0 Å². The Bertz CT molecular complexity index is 1070. The van der Waals surface area contributed by atoms with E-state index in [1.165, 1.54) is 28.3 Å². The molecule has 1 fully saturated rings. The predicted octanol–water partition coefficient (Wildman–Crippen LogP) is 4.32. The molecule has 150 valence electrons. The number of nitro benzene ring substituents is 1. The summed E-state index contributed by atoms with van der Waals surface area (Å²) in [4.78, 5) is 13.3. The third kappa shape index (κ3) is 3.25. The second kappa shape index (κ2) is 7.72. The van der Waals surface area contributed by atoms with E-state index in [-0.39, 0.29) is 16.7 Å². The van der Waals surface area contributed by atoms with Gasteiger partial charge in [-0.3, -0.25) is 20.0 Å². The van der Waals surface area contributed by atoms with E-state index in [1.54, 1.807) is 24.4 Å². The van der Waals surface area contributed by atoms with Crippen LogP contribution in [-0.4, -0.2) is 47.2 Å². The number of hydrogen-bond acceptors (Lipinski definition) is 5. The molecule has 1 aliphatic carbocycles. The van der Waals surface area contributed by atoms with Crippen molar-refractivity contribution in [3.05, 3.63) is 99.6 Å². The zero-order valence-electron chi connectivity index (χ0n) is 16.5. The molecule has 0 amide bonds. The van der Waals surface area contributed by atoms with Gasteiger partial charge in [0, 0.05) is 32.2 Å². The van der Waals surface area contributed by atoms with Crippen LogP contribution in [0.2, 0.25) is 0 Å². The van der Waals surface area contributed by atoms with Crippen molar-refractivity contribution in [2.45, 2.75) is 6.04 Å². The lowest BCUT2D eigenvalue weighted by Crippen LogP contribution is -2.45. The van der Waals surface area contributed by atoms with Crippen LogP contribution in [0.4, 0.5) is 5.69 Å². The number of para-hydroxylation sites is 1. The zero-order valence-corrected chi connectivity index (χ0v) is 16.5. The topological polar surface area (TPSA) is 62.0 Å². The summed E-state index contributed by atoms with van der Waals surface area (Å²) in [6.07, 6.45) is 1.61. The molecule has 0 bridgehead atoms. The molecular weight excluding hydrogens is 376 g/mol. The van der Waals surface area contributed by atoms with E-state index in [9.17, 15) is 10.1 Å². The summed E-state index contributed by atoms with van der Waals surface area (Å²) < 4.78 is 0. The predicted molar refractivity (Wildman–Crippen MR) is 118 cm³/mol. The Morgan fingerprint density at radius 1 is 0.833 bits per heavy atom. The van der Waals surface area contributed by atoms with Crippen molar-refractivity contribution < 1.29 is 4.92 Å². The standard InChI is InChI=1S/C24H22N4O2/c29-28(30)23-12-6-1-7-18(23)17-25-27-15-13-26(14-16-27)24-21-10-4-2-8-19(21)20-9-3-5-11-22(20)24/h1-12,17,24H,13-16H2. The SMILES string of the molecule is O=[N+]([O-])c1ccccc1C=NN1CCN(C2c3ccccc3-c3ccccc32)CC1. The van der Waals surface area contributed by atoms with E-state index in [1.807, 2.05) is 5.01 Å². The average molecular weight is 398 g/mol. The van der Waals surface area contributed by atoms with Gasteiger partial charge in [-0.15, -0.1) is 0 Å². The molecule has 0 radical (unpaired) electrons. The first-order valence-corrected chi connectivity index (χ1v) is 10.2. The normalized spacial score (nSPS) is 16.6. The van der Waals surface area contributed by atoms with Gasteiger partial charge in [0.15, 0.2) is 0 Å². The lowest BCUT2D eigenvalue weighted by Gasteiger charge is -2.37. The van der Waals surface area contributed by atoms with Crippen molar-refractivity contribution in [3.8, 4) is 11.1 Å². The third-order valence-electron chi connectivity index (χ3n) is 5.95. The van der Waals surface area contributed by atoms with Gasteiger partial charge >= 0.3 is 0 Å². The molecule has 0 aromatic heterocycles. The lowest BCUT2D eigenvalue weighted by atomic mass is 10.0. The Morgan fingerprint density at radius 3 is 2.03 bits per heavy atom. The summed E-state index contributed by atoms with van der Waals surface area (Å²) in [5.74, 6) is 0. The molecule has 0 N–H and O–H groups in total. The summed E-state index contributed by atoms with van der Waals surface area (Å²) >= 11 is 0. The largest absolute Gasteiger partial charge is 0.294 e. The first-order valence-electron chi connectivity index (χ1n) is 10.2. The Kier molecular flexibility index (Phi) is 4.77. The van der Waals surface area contributed by atoms with Crippen molar-refractivity contribution in [2.75, 3.05) is 26.2 Å². The first-order chi connectivity index (χ1) is 14.7. The summed E-state index contributed by atoms with van der Waals surface area (Å²) in [6.45, 7) is 3.36. The first kappa shape index (κ1) is 18.5. The molecule has 0 saturated carbocycles. The van der Waals surface area contributed by atoms with Crippen LogP contribution >= 0.6 is 0 Å². The van der Waals surface area contributed by atoms with Gasteiger partial charge in [-0.2, -0.15) is 5.10 Å². The maximum Gasteiger partial charge on any atom is 0.278 e. The number of rotatable bonds is 4. The number of fused-ring (bicyclic) bond motifs is 3. The number of benzene rings is 3. The molecule has 0 spiro atoms. The highest BCUT2D eigenvalue weighted by molar-refractivity contribution is 5.85. The number of nitrogens with zero attached hydrogens (tertiary/aromatic N) is 4. The zero-order chi connectivity index (χ0) is 20.5. The van der Waals surface area contributed by atoms with Gasteiger partial charge in [0.05, 0.1) is 22.7 Å². The molecular formula is C24H22N4O2. The van der Waals surface area contributed by atoms with E-state index in [2.05, 4.69) is 58.5 Å². The lowest BCUT2D eigenvalue weighted by molar-refractivity contribution is -0.385. The Labute approximate surface area is 175 Å². The van der Waals surface area contributed by atoms with Gasteiger partial charge in [0.2, 0.25) is 0 Å². The summed E-state index contributed by atoms with van der Waals surface area (Å²) in [6, 6.07) is 24.3. The van der Waals surface area contributed by atoms with Crippen LogP contribution in [0.15, 0.2) is 77.9 Å². The minimum Gasteiger partial charge on any atom is -0.294 e. The molecule has 5 rings (SSSR count). The monoisotopic (exact) mass is 398 g/mol. The van der Waals surface area contributed by atoms with Gasteiger partial charge in [-0.25, -0.2) is 0 Å². The maximum absolute atomic E-state index is 11.2. The van der Waals surface area contributed by atoms with Crippen molar-refractivity contribution >= 4 is 11.9 Å². The fourth-order valence-electron chi connectivity index (χ4n) is 4.51. The smallest absolute Gasteiger partial charge is 0.278 e. The molecule has 3 aromatic carbocycles. The van der Waals surface area contributed by atoms with E-state index in [4.69, 9.17) is 0 Å². The molecule has 0 unspecified atom stereocenters. The number of piperazine rings is 1. The van der Waals surface area contributed by atoms with Crippen molar-refractivity contribution in [3.63, 3.8) is 0 Å². The Morgan fingerprint density at radius 2 is 1.40 bits per heavy atom. The van der Waals surface area contributed by atoms with E-state index < -0.39 is 0 Å². The van der Waals surface area contributed by atoms with Crippen LogP contribution in [0.5, 0.6) is 0 Å². The summed E-state index contributed by atoms with van der Waals surface area (Å²) in [5, 5.41) is 17.7. The Balaban J connectivity index is 1.32. The summed E-state index contributed by atoms with van der Waals surface area (Å²) in [7, 11) is 0. The second-order valence-corrected chi connectivity index (χ2v) is 7.63. The molecule has 2 aliphatic rings. The van der Waals surface area contributed by atoms with Gasteiger partial charge in [-0.1, -0.05) is 60.7 Å². The van der Waals surface area contributed by atoms with E-state index in [0.717, 1.165) is 26.2 Å². The van der Waals surface area contributed by atoms with Crippen LogP contribution in [0.1, 0.15) is 22.7 Å². The quantitative estimate of drug-likeness (QED) is 0.373. The van der Waals surface area contributed by atoms with Crippen LogP contribution in [0.25, 0.3) is 11.1 Å². The van der Waals surface area contributed by atoms with Gasteiger partial charge in [-0.05, 0) is 28.3 Å². The van der Waals surface area contributed by atoms with Crippen molar-refractivity contribution in [1.29, 1.82) is 0 Å². The minimum absolute atomic E-state index is 0.0825. The summed E-state index contributed by atoms with van der Waals surface area (Å²) in [5.41, 5.74) is 6.01. The third-order valence-corrected chi connectivity index (χ3v) is 5.95. The molecule has 1 aliphatic heterocycles. The number of hydrogen-bond donors (Lipinski definition) is 0. The number of hydrazone groups is 1. The maximum atomic E-state index is 11.2. The highest BCUT2D eigenvalue weighted by atomic mass is 16.6. The van der Waals surface area contributed by atoms with Crippen LogP contribution in [0.3, 0.4) is 0 Å². The highest BCUT2D eigenvalue weighted by Gasteiger charge is 2.33. The molecule has 1 heterocycles. The second-order valence-electron chi connectivity index (χ2n) is 7.63. The Hall–Kier alpha value is -3.51. The fraction of sp³-hybridized carbons (Fsp3) is 0.208. The van der Waals surface area contributed by atoms with Crippen molar-refractivity contribution in [2.24, 2.45) is 5.10 Å². The van der Waals surface area contributed by atoms with Gasteiger partial charge in [0.1, 0.15) is 0 Å². The van der Waals surface area contributed by atoms with Crippen LogP contribution < -0.4 is 0 Å². The van der Waals surface area contributed by atoms with E-state index >= 15 is 0 Å². The minimum atomic E-state index is -0.367. The molecule has 0 atom stereocenters. The molecule has 1 saturated heterocycles.